The van der Waals surface area contributed by atoms with E-state index in [0.29, 0.717) is 5.69 Å². The molecule has 0 unspecified atom stereocenters. The van der Waals surface area contributed by atoms with Crippen LogP contribution in [0.3, 0.4) is 0 Å². The molecule has 0 aromatic heterocycles. The minimum Gasteiger partial charge on any atom is -0.280 e. The maximum atomic E-state index is 12.2. The second-order valence-electron chi connectivity index (χ2n) is 4.86. The largest absolute Gasteiger partial charge is 0.280 e. The first kappa shape index (κ1) is 16.0. The molecule has 0 saturated heterocycles. The van der Waals surface area contributed by atoms with Gasteiger partial charge in [0.2, 0.25) is 0 Å². The van der Waals surface area contributed by atoms with E-state index in [9.17, 15) is 8.42 Å². The van der Waals surface area contributed by atoms with Gasteiger partial charge in [0.05, 0.1) is 4.90 Å². The lowest BCUT2D eigenvalue weighted by atomic mass is 10.1. The van der Waals surface area contributed by atoms with Crippen molar-refractivity contribution in [2.75, 3.05) is 4.72 Å². The van der Waals surface area contributed by atoms with Crippen LogP contribution in [0.25, 0.3) is 0 Å². The SMILES string of the molecule is CCCCc1ccc(NS(=O)(=O)c2ccc(Br)cc2)cc1. The van der Waals surface area contributed by atoms with Crippen molar-refractivity contribution in [2.24, 2.45) is 0 Å². The van der Waals surface area contributed by atoms with Gasteiger partial charge in [-0.25, -0.2) is 8.42 Å². The maximum Gasteiger partial charge on any atom is 0.261 e. The van der Waals surface area contributed by atoms with Crippen molar-refractivity contribution in [3.63, 3.8) is 0 Å². The molecule has 0 aliphatic rings. The summed E-state index contributed by atoms with van der Waals surface area (Å²) >= 11 is 3.29. The summed E-state index contributed by atoms with van der Waals surface area (Å²) in [6.45, 7) is 2.15. The first-order valence-corrected chi connectivity index (χ1v) is 9.16. The molecular weight excluding hydrogens is 350 g/mol. The summed E-state index contributed by atoms with van der Waals surface area (Å²) in [5.74, 6) is 0. The molecule has 21 heavy (non-hydrogen) atoms. The number of anilines is 1. The lowest BCUT2D eigenvalue weighted by molar-refractivity contribution is 0.601. The third-order valence-electron chi connectivity index (χ3n) is 3.15. The second-order valence-corrected chi connectivity index (χ2v) is 7.46. The zero-order valence-electron chi connectivity index (χ0n) is 11.8. The highest BCUT2D eigenvalue weighted by Gasteiger charge is 2.13. The molecule has 2 aromatic carbocycles. The van der Waals surface area contributed by atoms with E-state index in [0.717, 1.165) is 23.7 Å². The van der Waals surface area contributed by atoms with Crippen molar-refractivity contribution in [2.45, 2.75) is 31.1 Å². The number of hydrogen-bond acceptors (Lipinski definition) is 2. The van der Waals surface area contributed by atoms with E-state index in [2.05, 4.69) is 27.6 Å². The summed E-state index contributed by atoms with van der Waals surface area (Å²) in [6.07, 6.45) is 3.32. The van der Waals surface area contributed by atoms with Gasteiger partial charge in [-0.2, -0.15) is 0 Å². The van der Waals surface area contributed by atoms with E-state index in [1.807, 2.05) is 12.1 Å². The third kappa shape index (κ3) is 4.58. The Labute approximate surface area is 134 Å². The minimum absolute atomic E-state index is 0.251. The summed E-state index contributed by atoms with van der Waals surface area (Å²) in [6, 6.07) is 14.1. The number of unbranched alkanes of at least 4 members (excludes halogenated alkanes) is 1. The fourth-order valence-corrected chi connectivity index (χ4v) is 3.27. The molecule has 2 aromatic rings. The van der Waals surface area contributed by atoms with Gasteiger partial charge in [0.1, 0.15) is 0 Å². The van der Waals surface area contributed by atoms with E-state index < -0.39 is 10.0 Å². The highest BCUT2D eigenvalue weighted by molar-refractivity contribution is 9.10. The van der Waals surface area contributed by atoms with Crippen LogP contribution >= 0.6 is 15.9 Å². The predicted octanol–water partition coefficient (Wildman–Crippen LogP) is 4.59. The van der Waals surface area contributed by atoms with Gasteiger partial charge in [-0.1, -0.05) is 41.4 Å². The smallest absolute Gasteiger partial charge is 0.261 e. The Hall–Kier alpha value is -1.33. The molecule has 0 aliphatic heterocycles. The fourth-order valence-electron chi connectivity index (χ4n) is 1.95. The number of hydrogen-bond donors (Lipinski definition) is 1. The van der Waals surface area contributed by atoms with Crippen LogP contribution in [0.2, 0.25) is 0 Å². The van der Waals surface area contributed by atoms with Crippen LogP contribution in [0, 0.1) is 0 Å². The van der Waals surface area contributed by atoms with Gasteiger partial charge < -0.3 is 0 Å². The van der Waals surface area contributed by atoms with Crippen LogP contribution in [0.5, 0.6) is 0 Å². The molecule has 0 amide bonds. The van der Waals surface area contributed by atoms with Crippen molar-refractivity contribution in [3.05, 3.63) is 58.6 Å². The average Bonchev–Trinajstić information content (AvgIpc) is 2.47. The number of rotatable bonds is 6. The quantitative estimate of drug-likeness (QED) is 0.811. The van der Waals surface area contributed by atoms with Crippen molar-refractivity contribution >= 4 is 31.6 Å². The molecule has 0 radical (unpaired) electrons. The molecule has 0 saturated carbocycles. The van der Waals surface area contributed by atoms with Gasteiger partial charge in [-0.15, -0.1) is 0 Å². The normalized spacial score (nSPS) is 11.3. The van der Waals surface area contributed by atoms with E-state index >= 15 is 0 Å². The zero-order valence-corrected chi connectivity index (χ0v) is 14.2. The molecule has 0 atom stereocenters. The molecule has 0 fully saturated rings. The molecule has 3 nitrogen and oxygen atoms in total. The van der Waals surface area contributed by atoms with E-state index in [1.165, 1.54) is 5.56 Å². The summed E-state index contributed by atoms with van der Waals surface area (Å²) < 4.78 is 27.9. The fraction of sp³-hybridized carbons (Fsp3) is 0.250. The third-order valence-corrected chi connectivity index (χ3v) is 5.07. The van der Waals surface area contributed by atoms with Crippen LogP contribution in [0.15, 0.2) is 57.9 Å². The maximum absolute atomic E-state index is 12.2. The summed E-state index contributed by atoms with van der Waals surface area (Å²) in [5.41, 5.74) is 1.81. The first-order chi connectivity index (χ1) is 10.0. The molecule has 0 spiro atoms. The summed E-state index contributed by atoms with van der Waals surface area (Å²) in [5, 5.41) is 0. The predicted molar refractivity (Wildman–Crippen MR) is 90.0 cm³/mol. The lowest BCUT2D eigenvalue weighted by Crippen LogP contribution is -2.12. The number of nitrogens with one attached hydrogen (secondary N) is 1. The number of sulfonamides is 1. The van der Waals surface area contributed by atoms with Crippen LogP contribution < -0.4 is 4.72 Å². The Bertz CT molecular complexity index is 679. The molecule has 0 bridgehead atoms. The molecule has 112 valence electrons. The molecule has 2 rings (SSSR count). The van der Waals surface area contributed by atoms with Gasteiger partial charge in [-0.3, -0.25) is 4.72 Å². The Morgan fingerprint density at radius 2 is 1.62 bits per heavy atom. The molecular formula is C16H18BrNO2S. The number of halogens is 1. The molecule has 1 N–H and O–H groups in total. The topological polar surface area (TPSA) is 46.2 Å². The number of benzene rings is 2. The first-order valence-electron chi connectivity index (χ1n) is 6.88. The molecule has 5 heteroatoms. The van der Waals surface area contributed by atoms with Gasteiger partial charge in [0, 0.05) is 10.2 Å². The second kappa shape index (κ2) is 7.09. The monoisotopic (exact) mass is 367 g/mol. The summed E-state index contributed by atoms with van der Waals surface area (Å²) in [7, 11) is -3.53. The lowest BCUT2D eigenvalue weighted by Gasteiger charge is -2.09. The van der Waals surface area contributed by atoms with E-state index in [-0.39, 0.29) is 4.90 Å². The highest BCUT2D eigenvalue weighted by atomic mass is 79.9. The van der Waals surface area contributed by atoms with Crippen LogP contribution in [0.1, 0.15) is 25.3 Å². The highest BCUT2D eigenvalue weighted by Crippen LogP contribution is 2.19. The number of aryl methyl sites for hydroxylation is 1. The van der Waals surface area contributed by atoms with Crippen molar-refractivity contribution in [3.8, 4) is 0 Å². The molecule has 0 aliphatic carbocycles. The standard InChI is InChI=1S/C16H18BrNO2S/c1-2-3-4-13-5-9-15(10-6-13)18-21(19,20)16-11-7-14(17)8-12-16/h5-12,18H,2-4H2,1H3. The van der Waals surface area contributed by atoms with Gasteiger partial charge in [-0.05, 0) is 54.8 Å². The van der Waals surface area contributed by atoms with Gasteiger partial charge in [0.25, 0.3) is 10.0 Å². The van der Waals surface area contributed by atoms with Crippen LogP contribution in [-0.4, -0.2) is 8.42 Å². The van der Waals surface area contributed by atoms with Crippen molar-refractivity contribution in [1.29, 1.82) is 0 Å². The van der Waals surface area contributed by atoms with Crippen LogP contribution in [-0.2, 0) is 16.4 Å². The molecule has 0 heterocycles. The van der Waals surface area contributed by atoms with Gasteiger partial charge in [0.15, 0.2) is 0 Å². The summed E-state index contributed by atoms with van der Waals surface area (Å²) in [4.78, 5) is 0.251. The van der Waals surface area contributed by atoms with Gasteiger partial charge >= 0.3 is 0 Å². The van der Waals surface area contributed by atoms with Crippen molar-refractivity contribution < 1.29 is 8.42 Å². The Balaban J connectivity index is 2.11. The Morgan fingerprint density at radius 3 is 2.19 bits per heavy atom. The van der Waals surface area contributed by atoms with E-state index in [4.69, 9.17) is 0 Å². The zero-order chi connectivity index (χ0) is 15.3. The van der Waals surface area contributed by atoms with Crippen LogP contribution in [0.4, 0.5) is 5.69 Å². The average molecular weight is 368 g/mol. The van der Waals surface area contributed by atoms with E-state index in [1.54, 1.807) is 36.4 Å². The van der Waals surface area contributed by atoms with Crippen molar-refractivity contribution in [1.82, 2.24) is 0 Å². The Kier molecular flexibility index (Phi) is 5.42. The Morgan fingerprint density at radius 1 is 1.00 bits per heavy atom. The minimum atomic E-state index is -3.53.